The van der Waals surface area contributed by atoms with Crippen LogP contribution in [0.1, 0.15) is 40.5 Å². The molecule has 1 rings (SSSR count). The van der Waals surface area contributed by atoms with Crippen molar-refractivity contribution in [3.05, 3.63) is 0 Å². The first-order chi connectivity index (χ1) is 22.4. The molecule has 274 valence electrons. The van der Waals surface area contributed by atoms with Crippen molar-refractivity contribution in [1.29, 1.82) is 0 Å². The molecule has 5 amide bonds. The quantitative estimate of drug-likeness (QED) is 0.0527. The number of carbonyl (C=O) groups is 7. The van der Waals surface area contributed by atoms with Crippen molar-refractivity contribution < 1.29 is 78.4 Å². The monoisotopic (exact) mass is 695 g/mol. The standard InChI is InChI=1S/C27H45N5O16/c1-10(25(44)32-14(24(28)43)5-6-18(39)40)29-26(45)11(2)46-22(15(7-33)30-12(3)36)23(16(38)8-34)48-27-19(31-13(4)37)21(42)20(41)17(9-35)47-27/h7,10-11,14-17,19-23,27,34-35,38,41-42H,5-6,8-9H2,1-4H3,(H2,28,43)(H,29,45)(H,30,36)(H,31,37)(H,32,44)(H,39,40). The molecule has 48 heavy (non-hydrogen) atoms. The molecule has 0 aromatic heterocycles. The summed E-state index contributed by atoms with van der Waals surface area (Å²) in [5.41, 5.74) is 5.21. The minimum Gasteiger partial charge on any atom is -0.481 e. The second-order valence-corrected chi connectivity index (χ2v) is 11.0. The molecule has 0 radical (unpaired) electrons. The molecule has 21 nitrogen and oxygen atoms in total. The van der Waals surface area contributed by atoms with Crippen LogP contribution in [0.5, 0.6) is 0 Å². The van der Waals surface area contributed by atoms with E-state index >= 15 is 0 Å². The van der Waals surface area contributed by atoms with Crippen LogP contribution in [0.25, 0.3) is 0 Å². The Balaban J connectivity index is 3.36. The maximum atomic E-state index is 13.1. The fourth-order valence-corrected chi connectivity index (χ4v) is 4.57. The molecule has 1 saturated heterocycles. The number of carboxylic acids is 1. The number of carbonyl (C=O) groups excluding carboxylic acids is 6. The van der Waals surface area contributed by atoms with E-state index in [2.05, 4.69) is 21.3 Å². The summed E-state index contributed by atoms with van der Waals surface area (Å²) in [5.74, 6) is -5.73. The third kappa shape index (κ3) is 12.6. The Bertz CT molecular complexity index is 1140. The number of rotatable bonds is 20. The first-order valence-corrected chi connectivity index (χ1v) is 14.7. The molecule has 0 bridgehead atoms. The zero-order chi connectivity index (χ0) is 36.9. The van der Waals surface area contributed by atoms with Crippen LogP contribution in [0.4, 0.5) is 0 Å². The molecular weight excluding hydrogens is 650 g/mol. The molecule has 1 fully saturated rings. The number of aliphatic hydroxyl groups excluding tert-OH is 5. The van der Waals surface area contributed by atoms with Gasteiger partial charge in [-0.25, -0.2) is 0 Å². The van der Waals surface area contributed by atoms with E-state index in [1.54, 1.807) is 0 Å². The van der Waals surface area contributed by atoms with Gasteiger partial charge in [0.15, 0.2) is 6.29 Å². The van der Waals surface area contributed by atoms with Gasteiger partial charge in [-0.2, -0.15) is 0 Å². The van der Waals surface area contributed by atoms with E-state index in [0.29, 0.717) is 0 Å². The number of amides is 5. The van der Waals surface area contributed by atoms with E-state index in [4.69, 9.17) is 25.1 Å². The lowest BCUT2D eigenvalue weighted by molar-refractivity contribution is -0.302. The summed E-state index contributed by atoms with van der Waals surface area (Å²) in [6.45, 7) is 2.53. The lowest BCUT2D eigenvalue weighted by Gasteiger charge is -2.45. The Hall–Kier alpha value is -3.83. The first-order valence-electron chi connectivity index (χ1n) is 14.7. The third-order valence-electron chi connectivity index (χ3n) is 7.09. The number of aliphatic hydroxyl groups is 5. The van der Waals surface area contributed by atoms with Gasteiger partial charge in [-0.05, 0) is 20.3 Å². The molecular formula is C27H45N5O16. The molecule has 0 aromatic rings. The second kappa shape index (κ2) is 19.9. The van der Waals surface area contributed by atoms with Gasteiger partial charge in [0.05, 0.1) is 13.2 Å². The average Bonchev–Trinajstić information content (AvgIpc) is 3.01. The number of aliphatic carboxylic acids is 1. The van der Waals surface area contributed by atoms with Gasteiger partial charge >= 0.3 is 5.97 Å². The number of nitrogens with two attached hydrogens (primary N) is 1. The topological polar surface area (TPSA) is 343 Å². The molecule has 21 heteroatoms. The van der Waals surface area contributed by atoms with Crippen LogP contribution in [0.3, 0.4) is 0 Å². The van der Waals surface area contributed by atoms with Crippen molar-refractivity contribution in [3.63, 3.8) is 0 Å². The lowest BCUT2D eigenvalue weighted by atomic mass is 9.96. The summed E-state index contributed by atoms with van der Waals surface area (Å²) in [7, 11) is 0. The van der Waals surface area contributed by atoms with E-state index < -0.39 is 128 Å². The fourth-order valence-electron chi connectivity index (χ4n) is 4.57. The van der Waals surface area contributed by atoms with Crippen molar-refractivity contribution in [3.8, 4) is 0 Å². The molecule has 12 N–H and O–H groups in total. The van der Waals surface area contributed by atoms with Gasteiger partial charge in [0.1, 0.15) is 73.2 Å². The van der Waals surface area contributed by atoms with Crippen LogP contribution >= 0.6 is 0 Å². The number of carboxylic acid groups (broad SMARTS) is 1. The number of primary amides is 1. The van der Waals surface area contributed by atoms with Crippen LogP contribution in [-0.4, -0.2) is 159 Å². The van der Waals surface area contributed by atoms with E-state index in [1.807, 2.05) is 0 Å². The molecule has 0 aliphatic carbocycles. The smallest absolute Gasteiger partial charge is 0.303 e. The maximum absolute atomic E-state index is 13.1. The largest absolute Gasteiger partial charge is 0.481 e. The van der Waals surface area contributed by atoms with Gasteiger partial charge in [-0.15, -0.1) is 0 Å². The van der Waals surface area contributed by atoms with Gasteiger partial charge in [0.2, 0.25) is 29.5 Å². The lowest BCUT2D eigenvalue weighted by Crippen LogP contribution is -2.66. The van der Waals surface area contributed by atoms with Crippen molar-refractivity contribution >= 4 is 41.8 Å². The molecule has 1 aliphatic heterocycles. The number of hydrogen-bond acceptors (Lipinski definition) is 15. The van der Waals surface area contributed by atoms with Gasteiger partial charge in [-0.1, -0.05) is 0 Å². The van der Waals surface area contributed by atoms with Crippen molar-refractivity contribution in [2.45, 2.75) is 114 Å². The summed E-state index contributed by atoms with van der Waals surface area (Å²) >= 11 is 0. The number of nitrogens with one attached hydrogen (secondary N) is 4. The van der Waals surface area contributed by atoms with Crippen molar-refractivity contribution in [1.82, 2.24) is 21.3 Å². The Kier molecular flexibility index (Phi) is 17.5. The van der Waals surface area contributed by atoms with Gasteiger partial charge in [0, 0.05) is 20.3 Å². The number of ether oxygens (including phenoxy) is 3. The Labute approximate surface area is 274 Å². The van der Waals surface area contributed by atoms with Crippen LogP contribution in [0, 0.1) is 0 Å². The highest BCUT2D eigenvalue weighted by molar-refractivity contribution is 5.92. The predicted octanol–water partition coefficient (Wildman–Crippen LogP) is -6.51. The average molecular weight is 696 g/mol. The fraction of sp³-hybridized carbons (Fsp3) is 0.741. The normalized spacial score (nSPS) is 25.1. The predicted molar refractivity (Wildman–Crippen MR) is 157 cm³/mol. The van der Waals surface area contributed by atoms with Crippen molar-refractivity contribution in [2.24, 2.45) is 5.73 Å². The van der Waals surface area contributed by atoms with E-state index in [-0.39, 0.29) is 12.7 Å². The molecule has 0 spiro atoms. The van der Waals surface area contributed by atoms with E-state index in [0.717, 1.165) is 20.8 Å². The summed E-state index contributed by atoms with van der Waals surface area (Å²) in [6, 6.07) is -5.98. The molecule has 1 heterocycles. The second-order valence-electron chi connectivity index (χ2n) is 11.0. The van der Waals surface area contributed by atoms with Crippen LogP contribution in [-0.2, 0) is 47.8 Å². The zero-order valence-corrected chi connectivity index (χ0v) is 26.7. The van der Waals surface area contributed by atoms with Gasteiger partial charge in [0.25, 0.3) is 0 Å². The molecule has 0 aromatic carbocycles. The maximum Gasteiger partial charge on any atom is 0.303 e. The summed E-state index contributed by atoms with van der Waals surface area (Å²) in [5, 5.41) is 69.1. The van der Waals surface area contributed by atoms with Crippen LogP contribution in [0.15, 0.2) is 0 Å². The number of hydrogen-bond donors (Lipinski definition) is 11. The summed E-state index contributed by atoms with van der Waals surface area (Å²) in [6.07, 6.45) is -14.8. The molecule has 0 saturated carbocycles. The Morgan fingerprint density at radius 3 is 2.04 bits per heavy atom. The highest BCUT2D eigenvalue weighted by Crippen LogP contribution is 2.26. The van der Waals surface area contributed by atoms with E-state index in [1.165, 1.54) is 6.92 Å². The van der Waals surface area contributed by atoms with Crippen LogP contribution in [0.2, 0.25) is 0 Å². The minimum atomic E-state index is -1.96. The minimum absolute atomic E-state index is 0.163. The Morgan fingerprint density at radius 2 is 1.56 bits per heavy atom. The third-order valence-corrected chi connectivity index (χ3v) is 7.09. The van der Waals surface area contributed by atoms with Crippen molar-refractivity contribution in [2.75, 3.05) is 13.2 Å². The van der Waals surface area contributed by atoms with Gasteiger partial charge < -0.3 is 76.6 Å². The summed E-state index contributed by atoms with van der Waals surface area (Å²) in [4.78, 5) is 84.1. The molecule has 12 atom stereocenters. The molecule has 1 aliphatic rings. The highest BCUT2D eigenvalue weighted by atomic mass is 16.7. The first kappa shape index (κ1) is 42.2. The van der Waals surface area contributed by atoms with Crippen LogP contribution < -0.4 is 27.0 Å². The Morgan fingerprint density at radius 1 is 0.938 bits per heavy atom. The summed E-state index contributed by atoms with van der Waals surface area (Å²) < 4.78 is 17.0. The molecule has 12 unspecified atom stereocenters. The SMILES string of the molecule is CC(=O)NC(C=O)C(OC(C)C(=O)NC(C)C(=O)NC(CCC(=O)O)C(N)=O)C(OC1OC(CO)C(O)C(O)C1NC(C)=O)C(O)CO. The zero-order valence-electron chi connectivity index (χ0n) is 26.7. The van der Waals surface area contributed by atoms with Gasteiger partial charge in [-0.3, -0.25) is 28.8 Å². The van der Waals surface area contributed by atoms with E-state index in [9.17, 15) is 59.1 Å². The highest BCUT2D eigenvalue weighted by Gasteiger charge is 2.49. The number of aldehydes is 1.